The predicted octanol–water partition coefficient (Wildman–Crippen LogP) is 2.75. The molecule has 13 heteroatoms. The van der Waals surface area contributed by atoms with Crippen LogP contribution in [-0.2, 0) is 19.1 Å². The van der Waals surface area contributed by atoms with E-state index < -0.39 is 44.2 Å². The summed E-state index contributed by atoms with van der Waals surface area (Å²) >= 11 is 0. The van der Waals surface area contributed by atoms with Gasteiger partial charge in [0.25, 0.3) is 11.8 Å². The number of hydrogen-bond donors (Lipinski definition) is 0. The van der Waals surface area contributed by atoms with Crippen LogP contribution in [0, 0.1) is 0 Å². The molecule has 0 spiro atoms. The summed E-state index contributed by atoms with van der Waals surface area (Å²) in [5, 5.41) is -0.240. The summed E-state index contributed by atoms with van der Waals surface area (Å²) in [6.07, 6.45) is -1.11. The highest BCUT2D eigenvalue weighted by Gasteiger charge is 2.51. The fourth-order valence-electron chi connectivity index (χ4n) is 2.57. The fourth-order valence-corrected chi connectivity index (χ4v) is 2.99. The second-order valence-corrected chi connectivity index (χ2v) is 7.06. The molecule has 29 heavy (non-hydrogen) atoms. The molecule has 0 unspecified atom stereocenters. The Morgan fingerprint density at radius 3 is 2.38 bits per heavy atom. The van der Waals surface area contributed by atoms with Gasteiger partial charge in [-0.25, -0.2) is 4.79 Å². The summed E-state index contributed by atoms with van der Waals surface area (Å²) in [4.78, 5) is 36.5. The van der Waals surface area contributed by atoms with Crippen molar-refractivity contribution >= 4 is 38.9 Å². The van der Waals surface area contributed by atoms with E-state index in [2.05, 4.69) is 9.02 Å². The van der Waals surface area contributed by atoms with Gasteiger partial charge in [-0.2, -0.15) is 21.6 Å². The molecule has 0 N–H and O–H groups in total. The third-order valence-electron chi connectivity index (χ3n) is 3.70. The number of halogens is 3. The zero-order valence-corrected chi connectivity index (χ0v) is 15.2. The van der Waals surface area contributed by atoms with Crippen molar-refractivity contribution in [1.82, 2.24) is 5.06 Å². The van der Waals surface area contributed by atoms with E-state index in [1.165, 1.54) is 31.2 Å². The summed E-state index contributed by atoms with van der Waals surface area (Å²) < 4.78 is 73.6. The second kappa shape index (κ2) is 7.00. The van der Waals surface area contributed by atoms with Crippen LogP contribution in [0.3, 0.4) is 0 Å². The third kappa shape index (κ3) is 3.61. The molecule has 3 rings (SSSR count). The zero-order chi connectivity index (χ0) is 21.6. The second-order valence-electron chi connectivity index (χ2n) is 5.54. The van der Waals surface area contributed by atoms with Crippen molar-refractivity contribution in [2.45, 2.75) is 12.4 Å². The molecule has 9 nitrogen and oxygen atoms in total. The van der Waals surface area contributed by atoms with Crippen LogP contribution < -0.4 is 4.74 Å². The van der Waals surface area contributed by atoms with Crippen LogP contribution in [0.25, 0.3) is 10.8 Å². The minimum atomic E-state index is -6.29. The molecule has 1 heterocycles. The third-order valence-corrected chi connectivity index (χ3v) is 4.61. The van der Waals surface area contributed by atoms with Crippen molar-refractivity contribution in [2.75, 3.05) is 6.61 Å². The Balaban J connectivity index is 2.11. The van der Waals surface area contributed by atoms with Gasteiger partial charge in [-0.05, 0) is 30.5 Å². The minimum absolute atomic E-state index is 0.00618. The maximum Gasteiger partial charge on any atom is 0.525 e. The van der Waals surface area contributed by atoms with Crippen LogP contribution in [0.5, 0.6) is 5.75 Å². The molecule has 2 amide bonds. The number of rotatable bonds is 4. The highest BCUT2D eigenvalue weighted by atomic mass is 32.2. The van der Waals surface area contributed by atoms with Gasteiger partial charge < -0.3 is 9.47 Å². The van der Waals surface area contributed by atoms with Crippen LogP contribution in [0.4, 0.5) is 18.0 Å². The van der Waals surface area contributed by atoms with Crippen molar-refractivity contribution in [3.8, 4) is 5.75 Å². The lowest BCUT2D eigenvalue weighted by atomic mass is 9.95. The average Bonchev–Trinajstić information content (AvgIpc) is 2.62. The molecular weight excluding hydrogens is 423 g/mol. The number of carbonyl (C=O) groups is 3. The van der Waals surface area contributed by atoms with Crippen molar-refractivity contribution in [3.63, 3.8) is 0 Å². The molecular formula is C16H10F3NO8S. The minimum Gasteiger partial charge on any atom is -0.434 e. The quantitative estimate of drug-likeness (QED) is 0.313. The standard InChI is InChI=1S/C16H10F3NO8S/c1-2-26-15(23)27-9-6-8-4-3-5-10-12(8)11(7-9)14(22)20(13(10)21)28-29(24,25)16(17,18)19/h3-7H,2H2,1H3. The summed E-state index contributed by atoms with van der Waals surface area (Å²) in [5.41, 5.74) is -6.55. The predicted molar refractivity (Wildman–Crippen MR) is 88.2 cm³/mol. The molecule has 154 valence electrons. The van der Waals surface area contributed by atoms with Gasteiger partial charge in [-0.1, -0.05) is 12.1 Å². The van der Waals surface area contributed by atoms with Gasteiger partial charge in [-0.15, -0.1) is 9.35 Å². The Kier molecular flexibility index (Phi) is 4.96. The summed E-state index contributed by atoms with van der Waals surface area (Å²) in [6, 6.07) is 6.20. The van der Waals surface area contributed by atoms with Crippen molar-refractivity contribution in [2.24, 2.45) is 0 Å². The number of carbonyl (C=O) groups excluding carboxylic acids is 3. The molecule has 0 aromatic heterocycles. The first kappa shape index (κ1) is 20.5. The molecule has 2 aromatic rings. The number of ether oxygens (including phenoxy) is 2. The maximum absolute atomic E-state index is 12.6. The molecule has 0 radical (unpaired) electrons. The van der Waals surface area contributed by atoms with Gasteiger partial charge in [0.1, 0.15) is 5.75 Å². The molecule has 0 aliphatic carbocycles. The molecule has 0 saturated carbocycles. The summed E-state index contributed by atoms with van der Waals surface area (Å²) in [6.45, 7) is 1.51. The van der Waals surface area contributed by atoms with Crippen LogP contribution in [0.1, 0.15) is 27.6 Å². The number of imide groups is 1. The Bertz CT molecular complexity index is 1140. The van der Waals surface area contributed by atoms with Gasteiger partial charge in [0.15, 0.2) is 0 Å². The zero-order valence-electron chi connectivity index (χ0n) is 14.3. The highest BCUT2D eigenvalue weighted by Crippen LogP contribution is 2.35. The number of benzene rings is 2. The largest absolute Gasteiger partial charge is 0.525 e. The Morgan fingerprint density at radius 2 is 1.76 bits per heavy atom. The number of amides is 2. The molecule has 1 aliphatic heterocycles. The van der Waals surface area contributed by atoms with Crippen LogP contribution >= 0.6 is 0 Å². The molecule has 0 bridgehead atoms. The average molecular weight is 433 g/mol. The number of hydrogen-bond acceptors (Lipinski definition) is 8. The topological polar surface area (TPSA) is 116 Å². The molecule has 1 aliphatic rings. The van der Waals surface area contributed by atoms with E-state index in [4.69, 9.17) is 4.74 Å². The molecule has 0 atom stereocenters. The molecule has 0 saturated heterocycles. The van der Waals surface area contributed by atoms with E-state index in [0.29, 0.717) is 0 Å². The Hall–Kier alpha value is -3.19. The smallest absolute Gasteiger partial charge is 0.434 e. The van der Waals surface area contributed by atoms with E-state index >= 15 is 0 Å². The Morgan fingerprint density at radius 1 is 1.10 bits per heavy atom. The SMILES string of the molecule is CCOC(=O)Oc1cc2c3c(cccc3c1)C(=O)N(OS(=O)(=O)C(F)(F)F)C2=O. The van der Waals surface area contributed by atoms with E-state index in [0.717, 1.165) is 6.07 Å². The monoisotopic (exact) mass is 433 g/mol. The number of alkyl halides is 3. The van der Waals surface area contributed by atoms with E-state index in [-0.39, 0.29) is 28.7 Å². The van der Waals surface area contributed by atoms with Crippen molar-refractivity contribution in [1.29, 1.82) is 0 Å². The van der Waals surface area contributed by atoms with Crippen LogP contribution in [0.2, 0.25) is 0 Å². The number of hydroxylamine groups is 2. The van der Waals surface area contributed by atoms with Crippen LogP contribution in [-0.4, -0.2) is 43.6 Å². The summed E-state index contributed by atoms with van der Waals surface area (Å²) in [5.74, 6) is -3.11. The maximum atomic E-state index is 12.6. The lowest BCUT2D eigenvalue weighted by Crippen LogP contribution is -2.44. The number of nitrogens with zero attached hydrogens (tertiary/aromatic N) is 1. The van der Waals surface area contributed by atoms with E-state index in [1.807, 2.05) is 0 Å². The fraction of sp³-hybridized carbons (Fsp3) is 0.188. The molecule has 0 fully saturated rings. The normalized spacial score (nSPS) is 14.3. The first-order valence-corrected chi connectivity index (χ1v) is 9.18. The highest BCUT2D eigenvalue weighted by molar-refractivity contribution is 7.87. The van der Waals surface area contributed by atoms with Gasteiger partial charge in [0, 0.05) is 5.39 Å². The summed E-state index contributed by atoms with van der Waals surface area (Å²) in [7, 11) is -6.29. The van der Waals surface area contributed by atoms with Crippen molar-refractivity contribution in [3.05, 3.63) is 41.5 Å². The van der Waals surface area contributed by atoms with E-state index in [9.17, 15) is 36.0 Å². The lowest BCUT2D eigenvalue weighted by Gasteiger charge is -2.25. The first-order chi connectivity index (χ1) is 13.5. The lowest BCUT2D eigenvalue weighted by molar-refractivity contribution is -0.0761. The van der Waals surface area contributed by atoms with Gasteiger partial charge >= 0.3 is 21.8 Å². The van der Waals surface area contributed by atoms with Gasteiger partial charge in [-0.3, -0.25) is 9.59 Å². The Labute approximate surface area is 160 Å². The van der Waals surface area contributed by atoms with E-state index in [1.54, 1.807) is 0 Å². The van der Waals surface area contributed by atoms with Gasteiger partial charge in [0.05, 0.1) is 17.7 Å². The first-order valence-electron chi connectivity index (χ1n) is 7.77. The van der Waals surface area contributed by atoms with Crippen LogP contribution in [0.15, 0.2) is 30.3 Å². The van der Waals surface area contributed by atoms with Crippen molar-refractivity contribution < 1.29 is 49.7 Å². The molecule has 2 aromatic carbocycles. The van der Waals surface area contributed by atoms with Gasteiger partial charge in [0.2, 0.25) is 0 Å².